The molecule has 0 atom stereocenters. The number of rotatable bonds is 5. The normalized spacial score (nSPS) is 11.8. The van der Waals surface area contributed by atoms with Gasteiger partial charge >= 0.3 is 0 Å². The van der Waals surface area contributed by atoms with Crippen molar-refractivity contribution in [1.82, 2.24) is 19.5 Å². The molecular formula is C49H30N4. The van der Waals surface area contributed by atoms with Gasteiger partial charge in [0.1, 0.15) is 0 Å². The van der Waals surface area contributed by atoms with E-state index in [0.29, 0.717) is 17.5 Å². The SMILES string of the molecule is c1ccc(-c2nc(-c3cccc(-n4c5ccccc5c5ccccc54)c3)nc(-c3cc(-c4ccccc4)c4c(c3)-c3cccc5cccc-4c35)n2)cc1. The number of aromatic nitrogens is 4. The Kier molecular flexibility index (Phi) is 6.52. The lowest BCUT2D eigenvalue weighted by atomic mass is 9.91. The van der Waals surface area contributed by atoms with Crippen molar-refractivity contribution in [3.8, 4) is 73.2 Å². The van der Waals surface area contributed by atoms with Crippen molar-refractivity contribution >= 4 is 32.6 Å². The summed E-state index contributed by atoms with van der Waals surface area (Å²) in [4.78, 5) is 15.6. The zero-order valence-corrected chi connectivity index (χ0v) is 28.6. The van der Waals surface area contributed by atoms with Crippen LogP contribution < -0.4 is 0 Å². The second-order valence-electron chi connectivity index (χ2n) is 13.6. The summed E-state index contributed by atoms with van der Waals surface area (Å²) in [5.41, 5.74) is 13.5. The molecule has 0 fully saturated rings. The Balaban J connectivity index is 1.14. The molecule has 0 saturated carbocycles. The molecule has 0 radical (unpaired) electrons. The van der Waals surface area contributed by atoms with E-state index < -0.39 is 0 Å². The Morgan fingerprint density at radius 1 is 0.340 bits per heavy atom. The smallest absolute Gasteiger partial charge is 0.164 e. The van der Waals surface area contributed by atoms with Crippen molar-refractivity contribution < 1.29 is 0 Å². The van der Waals surface area contributed by atoms with Crippen LogP contribution in [-0.2, 0) is 0 Å². The van der Waals surface area contributed by atoms with Gasteiger partial charge in [-0.3, -0.25) is 0 Å². The molecule has 0 aliphatic heterocycles. The van der Waals surface area contributed by atoms with E-state index in [1.165, 1.54) is 49.4 Å². The van der Waals surface area contributed by atoms with Crippen molar-refractivity contribution in [2.75, 3.05) is 0 Å². The van der Waals surface area contributed by atoms with Crippen molar-refractivity contribution in [3.63, 3.8) is 0 Å². The topological polar surface area (TPSA) is 43.6 Å². The number of benzene rings is 8. The largest absolute Gasteiger partial charge is 0.309 e. The van der Waals surface area contributed by atoms with Crippen LogP contribution >= 0.6 is 0 Å². The van der Waals surface area contributed by atoms with Gasteiger partial charge in [0.25, 0.3) is 0 Å². The molecule has 2 heterocycles. The fourth-order valence-corrected chi connectivity index (χ4v) is 8.23. The van der Waals surface area contributed by atoms with Gasteiger partial charge < -0.3 is 4.57 Å². The minimum atomic E-state index is 0.628. The number of nitrogens with zero attached hydrogens (tertiary/aromatic N) is 4. The van der Waals surface area contributed by atoms with Gasteiger partial charge in [0.2, 0.25) is 0 Å². The minimum Gasteiger partial charge on any atom is -0.309 e. The predicted molar refractivity (Wildman–Crippen MR) is 218 cm³/mol. The van der Waals surface area contributed by atoms with E-state index >= 15 is 0 Å². The lowest BCUT2D eigenvalue weighted by Crippen LogP contribution is -2.01. The number of para-hydroxylation sites is 2. The first kappa shape index (κ1) is 29.5. The average molecular weight is 675 g/mol. The molecule has 0 N–H and O–H groups in total. The first-order valence-electron chi connectivity index (χ1n) is 18.0. The Morgan fingerprint density at radius 3 is 1.57 bits per heavy atom. The standard InChI is InChI=1S/C49H30N4/c1-3-14-31(15-4-1)41-29-35(30-42-39-24-12-18-32-19-13-25-40(45(32)39)46(41)42)49-51-47(33-16-5-2-6-17-33)50-48(52-49)34-20-11-21-36(28-34)53-43-26-9-7-22-37(43)38-23-8-10-27-44(38)53/h1-30H. The summed E-state index contributed by atoms with van der Waals surface area (Å²) in [6, 6.07) is 64.4. The van der Waals surface area contributed by atoms with Crippen LogP contribution in [0, 0.1) is 0 Å². The molecule has 0 bridgehead atoms. The summed E-state index contributed by atoms with van der Waals surface area (Å²) in [7, 11) is 0. The molecule has 1 aliphatic carbocycles. The van der Waals surface area contributed by atoms with Crippen LogP contribution in [0.4, 0.5) is 0 Å². The summed E-state index contributed by atoms with van der Waals surface area (Å²) in [5, 5.41) is 4.99. The van der Waals surface area contributed by atoms with Crippen LogP contribution in [0.2, 0.25) is 0 Å². The third-order valence-electron chi connectivity index (χ3n) is 10.6. The van der Waals surface area contributed by atoms with Crippen LogP contribution in [0.5, 0.6) is 0 Å². The number of hydrogen-bond acceptors (Lipinski definition) is 3. The van der Waals surface area contributed by atoms with Crippen molar-refractivity contribution in [2.24, 2.45) is 0 Å². The minimum absolute atomic E-state index is 0.628. The number of hydrogen-bond donors (Lipinski definition) is 0. The molecule has 2 aromatic heterocycles. The highest BCUT2D eigenvalue weighted by molar-refractivity contribution is 6.18. The Morgan fingerprint density at radius 2 is 0.868 bits per heavy atom. The van der Waals surface area contributed by atoms with E-state index in [0.717, 1.165) is 39.0 Å². The van der Waals surface area contributed by atoms with Crippen LogP contribution in [0.1, 0.15) is 0 Å². The maximum Gasteiger partial charge on any atom is 0.164 e. The summed E-state index contributed by atoms with van der Waals surface area (Å²) in [6.07, 6.45) is 0. The highest BCUT2D eigenvalue weighted by Crippen LogP contribution is 2.52. The summed E-state index contributed by atoms with van der Waals surface area (Å²) in [6.45, 7) is 0. The van der Waals surface area contributed by atoms with Crippen LogP contribution in [-0.4, -0.2) is 19.5 Å². The second kappa shape index (κ2) is 11.7. The molecule has 0 spiro atoms. The van der Waals surface area contributed by atoms with E-state index in [1.807, 2.05) is 18.2 Å². The summed E-state index contributed by atoms with van der Waals surface area (Å²) >= 11 is 0. The zero-order valence-electron chi connectivity index (χ0n) is 28.6. The van der Waals surface area contributed by atoms with Crippen LogP contribution in [0.25, 0.3) is 106 Å². The van der Waals surface area contributed by atoms with Gasteiger partial charge in [0.05, 0.1) is 11.0 Å². The van der Waals surface area contributed by atoms with Crippen molar-refractivity contribution in [2.45, 2.75) is 0 Å². The van der Waals surface area contributed by atoms with Gasteiger partial charge in [-0.05, 0) is 80.6 Å². The lowest BCUT2D eigenvalue weighted by molar-refractivity contribution is 1.07. The van der Waals surface area contributed by atoms with E-state index in [1.54, 1.807) is 0 Å². The molecule has 53 heavy (non-hydrogen) atoms. The average Bonchev–Trinajstić information content (AvgIpc) is 3.75. The molecule has 8 aromatic carbocycles. The van der Waals surface area contributed by atoms with Crippen molar-refractivity contribution in [3.05, 3.63) is 182 Å². The molecule has 11 rings (SSSR count). The van der Waals surface area contributed by atoms with E-state index in [2.05, 4.69) is 168 Å². The first-order chi connectivity index (χ1) is 26.3. The second-order valence-corrected chi connectivity index (χ2v) is 13.6. The summed E-state index contributed by atoms with van der Waals surface area (Å²) < 4.78 is 2.33. The van der Waals surface area contributed by atoms with Gasteiger partial charge in [-0.1, -0.05) is 146 Å². The highest BCUT2D eigenvalue weighted by atomic mass is 15.0. The first-order valence-corrected chi connectivity index (χ1v) is 18.0. The molecule has 4 heteroatoms. The van der Waals surface area contributed by atoms with Crippen molar-refractivity contribution in [1.29, 1.82) is 0 Å². The Hall–Kier alpha value is -7.17. The van der Waals surface area contributed by atoms with E-state index in [-0.39, 0.29) is 0 Å². The molecular weight excluding hydrogens is 645 g/mol. The van der Waals surface area contributed by atoms with Gasteiger partial charge in [-0.25, -0.2) is 15.0 Å². The Bertz CT molecular complexity index is 2990. The highest BCUT2D eigenvalue weighted by Gasteiger charge is 2.26. The molecule has 246 valence electrons. The lowest BCUT2D eigenvalue weighted by Gasteiger charge is -2.15. The third-order valence-corrected chi connectivity index (χ3v) is 10.6. The maximum atomic E-state index is 5.27. The quantitative estimate of drug-likeness (QED) is 0.182. The van der Waals surface area contributed by atoms with Gasteiger partial charge in [-0.2, -0.15) is 0 Å². The van der Waals surface area contributed by atoms with Crippen LogP contribution in [0.15, 0.2) is 182 Å². The molecule has 0 saturated heterocycles. The van der Waals surface area contributed by atoms with E-state index in [4.69, 9.17) is 15.0 Å². The maximum absolute atomic E-state index is 5.27. The third kappa shape index (κ3) is 4.66. The van der Waals surface area contributed by atoms with E-state index in [9.17, 15) is 0 Å². The fourth-order valence-electron chi connectivity index (χ4n) is 8.23. The monoisotopic (exact) mass is 674 g/mol. The predicted octanol–water partition coefficient (Wildman–Crippen LogP) is 12.4. The van der Waals surface area contributed by atoms with Crippen LogP contribution in [0.3, 0.4) is 0 Å². The van der Waals surface area contributed by atoms with Gasteiger partial charge in [0.15, 0.2) is 17.5 Å². The molecule has 10 aromatic rings. The fraction of sp³-hybridized carbons (Fsp3) is 0. The molecule has 1 aliphatic rings. The molecule has 4 nitrogen and oxygen atoms in total. The summed E-state index contributed by atoms with van der Waals surface area (Å²) in [5.74, 6) is 1.91. The molecule has 0 amide bonds. The molecule has 0 unspecified atom stereocenters. The van der Waals surface area contributed by atoms with Gasteiger partial charge in [-0.15, -0.1) is 0 Å². The Labute approximate surface area is 306 Å². The zero-order chi connectivity index (χ0) is 34.9. The van der Waals surface area contributed by atoms with Gasteiger partial charge in [0, 0.05) is 33.2 Å². The number of fused-ring (bicyclic) bond motifs is 6.